The van der Waals surface area contributed by atoms with Crippen LogP contribution in [0.3, 0.4) is 0 Å². The fourth-order valence-electron chi connectivity index (χ4n) is 4.00. The van der Waals surface area contributed by atoms with Crippen LogP contribution < -0.4 is 9.47 Å². The number of esters is 1. The molecule has 0 bridgehead atoms. The number of unbranched alkanes of at least 4 members (excludes halogenated alkanes) is 9. The molecule has 3 aromatic rings. The monoisotopic (exact) mass is 458 g/mol. The first-order valence-electron chi connectivity index (χ1n) is 12.9. The maximum absolute atomic E-state index is 12.2. The van der Waals surface area contributed by atoms with Crippen LogP contribution in [0, 0.1) is 0 Å². The van der Waals surface area contributed by atoms with Crippen LogP contribution in [-0.2, 0) is 4.79 Å². The van der Waals surface area contributed by atoms with Gasteiger partial charge in [-0.3, -0.25) is 0 Å². The fraction of sp³-hybridized carbons (Fsp3) is 0.387. The van der Waals surface area contributed by atoms with E-state index in [9.17, 15) is 4.79 Å². The summed E-state index contributed by atoms with van der Waals surface area (Å²) in [6.45, 7) is 3.02. The van der Waals surface area contributed by atoms with Crippen molar-refractivity contribution >= 4 is 22.8 Å². The number of hydrogen-bond acceptors (Lipinski definition) is 3. The maximum Gasteiger partial charge on any atom is 0.336 e. The van der Waals surface area contributed by atoms with Crippen LogP contribution in [0.25, 0.3) is 16.8 Å². The molecule has 0 spiro atoms. The first-order valence-corrected chi connectivity index (χ1v) is 12.9. The minimum absolute atomic E-state index is 0.392. The molecule has 34 heavy (non-hydrogen) atoms. The number of benzene rings is 3. The lowest BCUT2D eigenvalue weighted by atomic mass is 10.1. The van der Waals surface area contributed by atoms with Crippen molar-refractivity contribution in [1.29, 1.82) is 0 Å². The van der Waals surface area contributed by atoms with Gasteiger partial charge in [-0.1, -0.05) is 107 Å². The van der Waals surface area contributed by atoms with Crippen molar-refractivity contribution in [3.63, 3.8) is 0 Å². The summed E-state index contributed by atoms with van der Waals surface area (Å²) in [5, 5.41) is 2.17. The second-order valence-electron chi connectivity index (χ2n) is 8.86. The zero-order valence-electron chi connectivity index (χ0n) is 20.5. The number of rotatable bonds is 15. The minimum Gasteiger partial charge on any atom is -0.494 e. The smallest absolute Gasteiger partial charge is 0.336 e. The molecule has 0 N–H and O–H groups in total. The summed E-state index contributed by atoms with van der Waals surface area (Å²) in [7, 11) is 0. The van der Waals surface area contributed by atoms with Crippen LogP contribution in [0.15, 0.2) is 72.8 Å². The molecule has 3 rings (SSSR count). The molecule has 0 aliphatic carbocycles. The van der Waals surface area contributed by atoms with E-state index in [0.29, 0.717) is 5.75 Å². The van der Waals surface area contributed by atoms with Gasteiger partial charge in [0.15, 0.2) is 0 Å². The van der Waals surface area contributed by atoms with E-state index >= 15 is 0 Å². The summed E-state index contributed by atoms with van der Waals surface area (Å²) in [5.74, 6) is 1.02. The zero-order chi connectivity index (χ0) is 23.8. The molecule has 0 saturated heterocycles. The lowest BCUT2D eigenvalue weighted by Crippen LogP contribution is -2.03. The van der Waals surface area contributed by atoms with E-state index in [2.05, 4.69) is 6.92 Å². The molecule has 0 unspecified atom stereocenters. The van der Waals surface area contributed by atoms with E-state index in [-0.39, 0.29) is 0 Å². The van der Waals surface area contributed by atoms with Gasteiger partial charge in [0, 0.05) is 6.08 Å². The Labute approximate surface area is 204 Å². The van der Waals surface area contributed by atoms with Gasteiger partial charge in [-0.2, -0.15) is 0 Å². The maximum atomic E-state index is 12.2. The second-order valence-corrected chi connectivity index (χ2v) is 8.86. The molecule has 3 aromatic carbocycles. The second kappa shape index (κ2) is 15.0. The predicted octanol–water partition coefficient (Wildman–Crippen LogP) is 8.76. The molecule has 3 heteroatoms. The molecule has 0 amide bonds. The van der Waals surface area contributed by atoms with Gasteiger partial charge in [-0.25, -0.2) is 4.79 Å². The number of carbonyl (C=O) groups is 1. The van der Waals surface area contributed by atoms with Crippen molar-refractivity contribution < 1.29 is 14.3 Å². The highest BCUT2D eigenvalue weighted by Crippen LogP contribution is 2.21. The summed E-state index contributed by atoms with van der Waals surface area (Å²) in [5.41, 5.74) is 0.932. The van der Waals surface area contributed by atoms with Crippen LogP contribution in [0.2, 0.25) is 0 Å². The van der Waals surface area contributed by atoms with Crippen molar-refractivity contribution in [2.24, 2.45) is 0 Å². The van der Waals surface area contributed by atoms with Crippen molar-refractivity contribution in [2.75, 3.05) is 6.61 Å². The van der Waals surface area contributed by atoms with Gasteiger partial charge >= 0.3 is 5.97 Å². The number of ether oxygens (including phenoxy) is 2. The third-order valence-electron chi connectivity index (χ3n) is 6.00. The molecule has 0 radical (unpaired) electrons. The Morgan fingerprint density at radius 2 is 1.32 bits per heavy atom. The Morgan fingerprint density at radius 3 is 2.03 bits per heavy atom. The van der Waals surface area contributed by atoms with Crippen molar-refractivity contribution in [2.45, 2.75) is 71.1 Å². The lowest BCUT2D eigenvalue weighted by Gasteiger charge is -2.07. The predicted molar refractivity (Wildman–Crippen MR) is 142 cm³/mol. The molecule has 0 fully saturated rings. The summed E-state index contributed by atoms with van der Waals surface area (Å²) in [6, 6.07) is 21.4. The Bertz CT molecular complexity index is 1020. The molecule has 0 heterocycles. The number of hydrogen-bond donors (Lipinski definition) is 0. The third-order valence-corrected chi connectivity index (χ3v) is 6.00. The van der Waals surface area contributed by atoms with Crippen LogP contribution in [0.1, 0.15) is 76.7 Å². The van der Waals surface area contributed by atoms with Crippen molar-refractivity contribution in [1.82, 2.24) is 0 Å². The van der Waals surface area contributed by atoms with Crippen molar-refractivity contribution in [3.8, 4) is 11.5 Å². The Kier molecular flexibility index (Phi) is 11.2. The Hall–Kier alpha value is -3.07. The molecule has 0 aromatic heterocycles. The highest BCUT2D eigenvalue weighted by molar-refractivity contribution is 5.90. The van der Waals surface area contributed by atoms with Gasteiger partial charge in [0.25, 0.3) is 0 Å². The van der Waals surface area contributed by atoms with Crippen molar-refractivity contribution in [3.05, 3.63) is 78.4 Å². The molecular formula is C31H38O3. The zero-order valence-corrected chi connectivity index (χ0v) is 20.5. The van der Waals surface area contributed by atoms with E-state index in [1.807, 2.05) is 66.7 Å². The Morgan fingerprint density at radius 1 is 0.706 bits per heavy atom. The molecule has 180 valence electrons. The third kappa shape index (κ3) is 9.43. The van der Waals surface area contributed by atoms with E-state index in [1.54, 1.807) is 6.08 Å². The highest BCUT2D eigenvalue weighted by Gasteiger charge is 2.02. The van der Waals surface area contributed by atoms with E-state index in [0.717, 1.165) is 35.1 Å². The first kappa shape index (κ1) is 25.6. The van der Waals surface area contributed by atoms with E-state index in [1.165, 1.54) is 63.9 Å². The van der Waals surface area contributed by atoms with Gasteiger partial charge in [0.05, 0.1) is 6.61 Å². The molecule has 3 nitrogen and oxygen atoms in total. The molecular weight excluding hydrogens is 420 g/mol. The van der Waals surface area contributed by atoms with E-state index in [4.69, 9.17) is 9.47 Å². The molecule has 0 atom stereocenters. The lowest BCUT2D eigenvalue weighted by molar-refractivity contribution is -0.128. The average molecular weight is 459 g/mol. The summed E-state index contributed by atoms with van der Waals surface area (Å²) in [6.07, 6.45) is 16.4. The summed E-state index contributed by atoms with van der Waals surface area (Å²) >= 11 is 0. The highest BCUT2D eigenvalue weighted by atomic mass is 16.5. The summed E-state index contributed by atoms with van der Waals surface area (Å²) in [4.78, 5) is 12.2. The minimum atomic E-state index is -0.392. The van der Waals surface area contributed by atoms with E-state index < -0.39 is 5.97 Å². The van der Waals surface area contributed by atoms with Crippen LogP contribution in [0.4, 0.5) is 0 Å². The van der Waals surface area contributed by atoms with Crippen LogP contribution in [0.5, 0.6) is 11.5 Å². The van der Waals surface area contributed by atoms with Crippen LogP contribution >= 0.6 is 0 Å². The SMILES string of the molecule is CCCCCCCCCCCCOc1ccc(/C=C/C(=O)Oc2ccc3ccccc3c2)cc1. The van der Waals surface area contributed by atoms with Gasteiger partial charge < -0.3 is 9.47 Å². The Balaban J connectivity index is 1.30. The molecule has 0 aliphatic rings. The van der Waals surface area contributed by atoms with Gasteiger partial charge in [0.1, 0.15) is 11.5 Å². The van der Waals surface area contributed by atoms with Gasteiger partial charge in [-0.15, -0.1) is 0 Å². The molecule has 0 saturated carbocycles. The number of carbonyl (C=O) groups excluding carboxylic acids is 1. The topological polar surface area (TPSA) is 35.5 Å². The normalized spacial score (nSPS) is 11.2. The first-order chi connectivity index (χ1) is 16.7. The quantitative estimate of drug-likeness (QED) is 0.0988. The van der Waals surface area contributed by atoms with Crippen LogP contribution in [-0.4, -0.2) is 12.6 Å². The molecule has 0 aliphatic heterocycles. The van der Waals surface area contributed by atoms with Gasteiger partial charge in [0.2, 0.25) is 0 Å². The largest absolute Gasteiger partial charge is 0.494 e. The average Bonchev–Trinajstić information content (AvgIpc) is 2.86. The fourth-order valence-corrected chi connectivity index (χ4v) is 4.00. The standard InChI is InChI=1S/C31H38O3/c1-2-3-4-5-6-7-8-9-10-13-24-33-29-20-16-26(17-21-29)18-23-31(32)34-30-22-19-27-14-11-12-15-28(27)25-30/h11-12,14-23,25H,2-10,13,24H2,1H3/b23-18+. The number of fused-ring (bicyclic) bond motifs is 1. The summed E-state index contributed by atoms with van der Waals surface area (Å²) < 4.78 is 11.3. The van der Waals surface area contributed by atoms with Gasteiger partial charge in [-0.05, 0) is 53.1 Å².